The fourth-order valence-electron chi connectivity index (χ4n) is 1.77. The molecule has 0 unspecified atom stereocenters. The van der Waals surface area contributed by atoms with Gasteiger partial charge in [-0.3, -0.25) is 4.79 Å². The normalized spacial score (nSPS) is 14.4. The molecule has 1 aliphatic heterocycles. The molecule has 0 radical (unpaired) electrons. The van der Waals surface area contributed by atoms with Crippen LogP contribution < -0.4 is 0 Å². The van der Waals surface area contributed by atoms with Crippen molar-refractivity contribution in [2.45, 2.75) is 19.4 Å². The zero-order valence-corrected chi connectivity index (χ0v) is 9.57. The monoisotopic (exact) mass is 237 g/mol. The van der Waals surface area contributed by atoms with Crippen LogP contribution in [0.2, 0.25) is 5.15 Å². The molecule has 2 heterocycles. The molecule has 0 saturated carbocycles. The van der Waals surface area contributed by atoms with Crippen molar-refractivity contribution in [3.8, 4) is 0 Å². The van der Waals surface area contributed by atoms with Crippen LogP contribution in [-0.4, -0.2) is 27.3 Å². The van der Waals surface area contributed by atoms with Crippen LogP contribution in [0.4, 0.5) is 0 Å². The number of carbonyl (C=O) groups excluding carboxylic acids is 1. The lowest BCUT2D eigenvalue weighted by molar-refractivity contribution is -0.131. The number of carbonyl (C=O) groups is 1. The van der Waals surface area contributed by atoms with Gasteiger partial charge in [-0.2, -0.15) is 0 Å². The summed E-state index contributed by atoms with van der Waals surface area (Å²) in [6, 6.07) is 0. The third-order valence-electron chi connectivity index (χ3n) is 2.62. The number of hydrogen-bond acceptors (Lipinski definition) is 3. The Morgan fingerprint density at radius 2 is 2.44 bits per heavy atom. The molecule has 1 aliphatic rings. The van der Waals surface area contributed by atoms with E-state index in [2.05, 4.69) is 16.5 Å². The molecule has 0 N–H and O–H groups in total. The van der Waals surface area contributed by atoms with Gasteiger partial charge in [0.1, 0.15) is 11.5 Å². The smallest absolute Gasteiger partial charge is 0.226 e. The second-order valence-electron chi connectivity index (χ2n) is 3.65. The number of fused-ring (bicyclic) bond motifs is 1. The minimum atomic E-state index is 0.0700. The number of amides is 1. The lowest BCUT2D eigenvalue weighted by Crippen LogP contribution is -2.36. The van der Waals surface area contributed by atoms with Gasteiger partial charge < -0.3 is 4.90 Å². The fourth-order valence-corrected chi connectivity index (χ4v) is 1.98. The number of aromatic nitrogens is 2. The molecule has 0 spiro atoms. The van der Waals surface area contributed by atoms with Crippen molar-refractivity contribution >= 4 is 17.5 Å². The lowest BCUT2D eigenvalue weighted by atomic mass is 10.1. The molecular formula is C11H12ClN3O. The molecule has 1 amide bonds. The van der Waals surface area contributed by atoms with Crippen molar-refractivity contribution in [3.05, 3.63) is 35.4 Å². The SMILES string of the molecule is C=CCC(=O)N1CCc2ncnc(Cl)c2C1. The van der Waals surface area contributed by atoms with E-state index in [1.54, 1.807) is 11.0 Å². The summed E-state index contributed by atoms with van der Waals surface area (Å²) in [4.78, 5) is 21.5. The molecule has 0 atom stereocenters. The van der Waals surface area contributed by atoms with E-state index in [-0.39, 0.29) is 5.91 Å². The second-order valence-corrected chi connectivity index (χ2v) is 4.01. The number of rotatable bonds is 2. The molecule has 2 rings (SSSR count). The van der Waals surface area contributed by atoms with Gasteiger partial charge in [0.25, 0.3) is 0 Å². The van der Waals surface area contributed by atoms with Crippen LogP contribution in [0.1, 0.15) is 17.7 Å². The number of hydrogen-bond donors (Lipinski definition) is 0. The first-order valence-electron chi connectivity index (χ1n) is 5.09. The Morgan fingerprint density at radius 3 is 3.19 bits per heavy atom. The summed E-state index contributed by atoms with van der Waals surface area (Å²) in [5, 5.41) is 0.445. The molecule has 84 valence electrons. The highest BCUT2D eigenvalue weighted by Gasteiger charge is 2.22. The Labute approximate surface area is 99.0 Å². The first-order valence-corrected chi connectivity index (χ1v) is 5.47. The summed E-state index contributed by atoms with van der Waals surface area (Å²) in [6.45, 7) is 4.75. The molecule has 0 saturated heterocycles. The van der Waals surface area contributed by atoms with Gasteiger partial charge in [0.2, 0.25) is 5.91 Å². The Kier molecular flexibility index (Phi) is 3.19. The Morgan fingerprint density at radius 1 is 1.62 bits per heavy atom. The van der Waals surface area contributed by atoms with E-state index in [1.165, 1.54) is 6.33 Å². The maximum absolute atomic E-state index is 11.7. The minimum Gasteiger partial charge on any atom is -0.338 e. The second kappa shape index (κ2) is 4.61. The Hall–Kier alpha value is -1.42. The lowest BCUT2D eigenvalue weighted by Gasteiger charge is -2.28. The third-order valence-corrected chi connectivity index (χ3v) is 2.95. The number of halogens is 1. The van der Waals surface area contributed by atoms with Crippen molar-refractivity contribution < 1.29 is 4.79 Å². The quantitative estimate of drug-likeness (QED) is 0.580. The first kappa shape index (κ1) is 11.1. The van der Waals surface area contributed by atoms with E-state index in [9.17, 15) is 4.79 Å². The molecule has 0 aliphatic carbocycles. The van der Waals surface area contributed by atoms with E-state index in [1.807, 2.05) is 0 Å². The summed E-state index contributed by atoms with van der Waals surface area (Å²) in [5.41, 5.74) is 1.82. The highest BCUT2D eigenvalue weighted by molar-refractivity contribution is 6.30. The van der Waals surface area contributed by atoms with Crippen LogP contribution in [0, 0.1) is 0 Å². The summed E-state index contributed by atoms with van der Waals surface area (Å²) in [6.07, 6.45) is 4.17. The molecule has 1 aromatic rings. The maximum Gasteiger partial charge on any atom is 0.226 e. The van der Waals surface area contributed by atoms with Crippen molar-refractivity contribution in [2.24, 2.45) is 0 Å². The molecule has 16 heavy (non-hydrogen) atoms. The van der Waals surface area contributed by atoms with Crippen LogP contribution >= 0.6 is 11.6 Å². The summed E-state index contributed by atoms with van der Waals surface area (Å²) < 4.78 is 0. The van der Waals surface area contributed by atoms with E-state index in [0.29, 0.717) is 24.7 Å². The van der Waals surface area contributed by atoms with Gasteiger partial charge in [0.15, 0.2) is 0 Å². The molecule has 5 heteroatoms. The Balaban J connectivity index is 2.20. The minimum absolute atomic E-state index is 0.0700. The van der Waals surface area contributed by atoms with Crippen molar-refractivity contribution in [1.82, 2.24) is 14.9 Å². The molecule has 0 bridgehead atoms. The van der Waals surface area contributed by atoms with Gasteiger partial charge in [0.05, 0.1) is 12.2 Å². The molecular weight excluding hydrogens is 226 g/mol. The van der Waals surface area contributed by atoms with Gasteiger partial charge >= 0.3 is 0 Å². The summed E-state index contributed by atoms with van der Waals surface area (Å²) >= 11 is 5.98. The van der Waals surface area contributed by atoms with E-state index in [4.69, 9.17) is 11.6 Å². The largest absolute Gasteiger partial charge is 0.338 e. The molecule has 0 aromatic carbocycles. The highest BCUT2D eigenvalue weighted by Crippen LogP contribution is 2.22. The van der Waals surface area contributed by atoms with E-state index < -0.39 is 0 Å². The van der Waals surface area contributed by atoms with Crippen LogP contribution in [-0.2, 0) is 17.8 Å². The zero-order chi connectivity index (χ0) is 11.5. The summed E-state index contributed by atoms with van der Waals surface area (Å²) in [5.74, 6) is 0.0700. The Bertz CT molecular complexity index is 433. The molecule has 4 nitrogen and oxygen atoms in total. The maximum atomic E-state index is 11.7. The van der Waals surface area contributed by atoms with Gasteiger partial charge in [-0.15, -0.1) is 6.58 Å². The van der Waals surface area contributed by atoms with Gasteiger partial charge in [-0.1, -0.05) is 17.7 Å². The fraction of sp³-hybridized carbons (Fsp3) is 0.364. The van der Waals surface area contributed by atoms with Crippen molar-refractivity contribution in [3.63, 3.8) is 0 Å². The molecule has 0 fully saturated rings. The van der Waals surface area contributed by atoms with Crippen LogP contribution in [0.25, 0.3) is 0 Å². The van der Waals surface area contributed by atoms with Crippen LogP contribution in [0.5, 0.6) is 0 Å². The third kappa shape index (κ3) is 2.07. The van der Waals surface area contributed by atoms with Crippen molar-refractivity contribution in [2.75, 3.05) is 6.54 Å². The summed E-state index contributed by atoms with van der Waals surface area (Å²) in [7, 11) is 0. The average Bonchev–Trinajstić information content (AvgIpc) is 2.29. The average molecular weight is 238 g/mol. The van der Waals surface area contributed by atoms with Gasteiger partial charge in [0, 0.05) is 24.9 Å². The van der Waals surface area contributed by atoms with Crippen molar-refractivity contribution in [1.29, 1.82) is 0 Å². The van der Waals surface area contributed by atoms with E-state index in [0.717, 1.165) is 17.7 Å². The van der Waals surface area contributed by atoms with Gasteiger partial charge in [-0.05, 0) is 0 Å². The van der Waals surface area contributed by atoms with Crippen LogP contribution in [0.15, 0.2) is 19.0 Å². The first-order chi connectivity index (χ1) is 7.72. The van der Waals surface area contributed by atoms with E-state index >= 15 is 0 Å². The zero-order valence-electron chi connectivity index (χ0n) is 8.82. The standard InChI is InChI=1S/C11H12ClN3O/c1-2-3-10(16)15-5-4-9-8(6-15)11(12)14-7-13-9/h2,7H,1,3-6H2. The topological polar surface area (TPSA) is 46.1 Å². The predicted octanol–water partition coefficient (Wildman–Crippen LogP) is 1.59. The van der Waals surface area contributed by atoms with Gasteiger partial charge in [-0.25, -0.2) is 9.97 Å². The number of nitrogens with zero attached hydrogens (tertiary/aromatic N) is 3. The highest BCUT2D eigenvalue weighted by atomic mass is 35.5. The van der Waals surface area contributed by atoms with Crippen LogP contribution in [0.3, 0.4) is 0 Å². The molecule has 1 aromatic heterocycles. The predicted molar refractivity (Wildman–Crippen MR) is 61.0 cm³/mol.